The van der Waals surface area contributed by atoms with Crippen molar-refractivity contribution in [1.29, 1.82) is 0 Å². The Bertz CT molecular complexity index is 801. The molecule has 0 unspecified atom stereocenters. The van der Waals surface area contributed by atoms with Gasteiger partial charge in [0.25, 0.3) is 11.8 Å². The third kappa shape index (κ3) is 3.90. The standard InChI is InChI=1S/C20H24N2O3S/c1-3-15(25-13-7-5-4-6-8-13)19(24)22-20-17(18(21)23)14-10-9-12(2)11-16(14)26-20/h4-8,12,15H,3,9-11H2,1-2H3,(H2,21,23)(H,22,24)/t12-,15+/m1/s1. The third-order valence-electron chi connectivity index (χ3n) is 4.68. The minimum Gasteiger partial charge on any atom is -0.481 e. The molecule has 2 atom stereocenters. The van der Waals surface area contributed by atoms with Crippen LogP contribution in [0, 0.1) is 5.92 Å². The molecule has 6 heteroatoms. The van der Waals surface area contributed by atoms with Crippen molar-refractivity contribution < 1.29 is 14.3 Å². The Morgan fingerprint density at radius 2 is 2.08 bits per heavy atom. The average Bonchev–Trinajstić information content (AvgIpc) is 2.97. The summed E-state index contributed by atoms with van der Waals surface area (Å²) in [6.45, 7) is 4.09. The summed E-state index contributed by atoms with van der Waals surface area (Å²) in [7, 11) is 0. The van der Waals surface area contributed by atoms with Crippen LogP contribution in [0.3, 0.4) is 0 Å². The van der Waals surface area contributed by atoms with E-state index in [1.165, 1.54) is 11.3 Å². The van der Waals surface area contributed by atoms with Gasteiger partial charge in [-0.15, -0.1) is 11.3 Å². The number of nitrogens with one attached hydrogen (secondary N) is 1. The molecule has 26 heavy (non-hydrogen) atoms. The lowest BCUT2D eigenvalue weighted by molar-refractivity contribution is -0.122. The molecule has 3 N–H and O–H groups in total. The number of thiophene rings is 1. The zero-order valence-electron chi connectivity index (χ0n) is 15.1. The number of rotatable bonds is 6. The van der Waals surface area contributed by atoms with E-state index in [0.29, 0.717) is 28.7 Å². The second-order valence-corrected chi connectivity index (χ2v) is 7.84. The highest BCUT2D eigenvalue weighted by Gasteiger charge is 2.28. The van der Waals surface area contributed by atoms with Crippen molar-refractivity contribution in [2.45, 2.75) is 45.6 Å². The molecule has 0 spiro atoms. The molecule has 138 valence electrons. The Kier molecular flexibility index (Phi) is 5.61. The van der Waals surface area contributed by atoms with Crippen LogP contribution < -0.4 is 15.8 Å². The number of hydrogen-bond donors (Lipinski definition) is 2. The summed E-state index contributed by atoms with van der Waals surface area (Å²) in [5.74, 6) is 0.481. The Morgan fingerprint density at radius 1 is 1.35 bits per heavy atom. The van der Waals surface area contributed by atoms with Gasteiger partial charge in [-0.1, -0.05) is 32.0 Å². The van der Waals surface area contributed by atoms with E-state index >= 15 is 0 Å². The lowest BCUT2D eigenvalue weighted by Crippen LogP contribution is -2.32. The molecular weight excluding hydrogens is 348 g/mol. The van der Waals surface area contributed by atoms with E-state index in [1.54, 1.807) is 0 Å². The number of fused-ring (bicyclic) bond motifs is 1. The zero-order chi connectivity index (χ0) is 18.7. The van der Waals surface area contributed by atoms with E-state index < -0.39 is 12.0 Å². The second-order valence-electron chi connectivity index (χ2n) is 6.74. The predicted octanol–water partition coefficient (Wildman–Crippen LogP) is 3.77. The Morgan fingerprint density at radius 3 is 2.73 bits per heavy atom. The van der Waals surface area contributed by atoms with Crippen molar-refractivity contribution in [3.05, 3.63) is 46.3 Å². The van der Waals surface area contributed by atoms with Gasteiger partial charge < -0.3 is 15.8 Å². The Labute approximate surface area is 157 Å². The van der Waals surface area contributed by atoms with E-state index in [0.717, 1.165) is 29.7 Å². The summed E-state index contributed by atoms with van der Waals surface area (Å²) >= 11 is 1.47. The molecule has 2 aromatic rings. The van der Waals surface area contributed by atoms with E-state index in [1.807, 2.05) is 37.3 Å². The van der Waals surface area contributed by atoms with Gasteiger partial charge in [-0.05, 0) is 49.3 Å². The number of para-hydroxylation sites is 1. The van der Waals surface area contributed by atoms with Crippen molar-refractivity contribution in [2.75, 3.05) is 5.32 Å². The first kappa shape index (κ1) is 18.5. The highest BCUT2D eigenvalue weighted by molar-refractivity contribution is 7.17. The first-order valence-corrected chi connectivity index (χ1v) is 9.78. The van der Waals surface area contributed by atoms with Crippen LogP contribution >= 0.6 is 11.3 Å². The number of ether oxygens (including phenoxy) is 1. The molecule has 1 aliphatic rings. The normalized spacial score (nSPS) is 17.2. The fourth-order valence-electron chi connectivity index (χ4n) is 3.28. The van der Waals surface area contributed by atoms with Crippen molar-refractivity contribution in [1.82, 2.24) is 0 Å². The number of primary amides is 1. The van der Waals surface area contributed by atoms with Crippen LogP contribution in [-0.2, 0) is 17.6 Å². The third-order valence-corrected chi connectivity index (χ3v) is 5.85. The van der Waals surface area contributed by atoms with Gasteiger partial charge in [-0.3, -0.25) is 9.59 Å². The van der Waals surface area contributed by atoms with Gasteiger partial charge in [0.05, 0.1) is 5.56 Å². The van der Waals surface area contributed by atoms with E-state index in [2.05, 4.69) is 12.2 Å². The first-order valence-electron chi connectivity index (χ1n) is 8.96. The number of carbonyl (C=O) groups excluding carboxylic acids is 2. The molecule has 2 amide bonds. The van der Waals surface area contributed by atoms with Crippen molar-refractivity contribution in [3.8, 4) is 5.75 Å². The molecule has 5 nitrogen and oxygen atoms in total. The largest absolute Gasteiger partial charge is 0.481 e. The van der Waals surface area contributed by atoms with Crippen LogP contribution in [0.25, 0.3) is 0 Å². The molecule has 0 saturated carbocycles. The molecule has 1 aromatic heterocycles. The summed E-state index contributed by atoms with van der Waals surface area (Å²) in [6.07, 6.45) is 2.68. The van der Waals surface area contributed by atoms with Gasteiger partial charge in [0.2, 0.25) is 0 Å². The molecule has 0 fully saturated rings. The minimum absolute atomic E-state index is 0.259. The van der Waals surface area contributed by atoms with Crippen molar-refractivity contribution in [3.63, 3.8) is 0 Å². The molecule has 0 bridgehead atoms. The summed E-state index contributed by atoms with van der Waals surface area (Å²) < 4.78 is 5.79. The maximum absolute atomic E-state index is 12.7. The van der Waals surface area contributed by atoms with Gasteiger partial charge in [-0.25, -0.2) is 0 Å². The average molecular weight is 372 g/mol. The van der Waals surface area contributed by atoms with E-state index in [-0.39, 0.29) is 5.91 Å². The molecule has 1 aliphatic carbocycles. The molecule has 3 rings (SSSR count). The van der Waals surface area contributed by atoms with Gasteiger partial charge in [0.1, 0.15) is 10.8 Å². The number of amides is 2. The molecule has 1 aromatic carbocycles. The molecule has 0 aliphatic heterocycles. The lowest BCUT2D eigenvalue weighted by atomic mass is 9.88. The SMILES string of the molecule is CC[C@H](Oc1ccccc1)C(=O)Nc1sc2c(c1C(N)=O)CC[C@@H](C)C2. The molecule has 0 radical (unpaired) electrons. The van der Waals surface area contributed by atoms with Gasteiger partial charge in [0.15, 0.2) is 6.10 Å². The van der Waals surface area contributed by atoms with Gasteiger partial charge >= 0.3 is 0 Å². The van der Waals surface area contributed by atoms with E-state index in [4.69, 9.17) is 10.5 Å². The quantitative estimate of drug-likeness (QED) is 0.810. The summed E-state index contributed by atoms with van der Waals surface area (Å²) in [5.41, 5.74) is 7.09. The monoisotopic (exact) mass is 372 g/mol. The van der Waals surface area contributed by atoms with Crippen LogP contribution in [0.1, 0.15) is 47.5 Å². The number of hydrogen-bond acceptors (Lipinski definition) is 4. The minimum atomic E-state index is -0.629. The lowest BCUT2D eigenvalue weighted by Gasteiger charge is -2.18. The highest BCUT2D eigenvalue weighted by Crippen LogP contribution is 2.39. The maximum Gasteiger partial charge on any atom is 0.266 e. The highest BCUT2D eigenvalue weighted by atomic mass is 32.1. The van der Waals surface area contributed by atoms with Crippen LogP contribution in [0.4, 0.5) is 5.00 Å². The summed E-state index contributed by atoms with van der Waals surface area (Å²) in [6, 6.07) is 9.25. The summed E-state index contributed by atoms with van der Waals surface area (Å²) in [5, 5.41) is 3.44. The number of nitrogens with two attached hydrogens (primary N) is 1. The van der Waals surface area contributed by atoms with Crippen LogP contribution in [0.5, 0.6) is 5.75 Å². The predicted molar refractivity (Wildman–Crippen MR) is 104 cm³/mol. The van der Waals surface area contributed by atoms with Crippen LogP contribution in [-0.4, -0.2) is 17.9 Å². The van der Waals surface area contributed by atoms with Crippen molar-refractivity contribution >= 4 is 28.2 Å². The fourth-order valence-corrected chi connectivity index (χ4v) is 4.70. The maximum atomic E-state index is 12.7. The number of benzene rings is 1. The fraction of sp³-hybridized carbons (Fsp3) is 0.400. The smallest absolute Gasteiger partial charge is 0.266 e. The Balaban J connectivity index is 1.81. The molecular formula is C20H24N2O3S. The second kappa shape index (κ2) is 7.91. The molecule has 1 heterocycles. The van der Waals surface area contributed by atoms with Crippen LogP contribution in [0.2, 0.25) is 0 Å². The first-order chi connectivity index (χ1) is 12.5. The number of carbonyl (C=O) groups is 2. The Hall–Kier alpha value is -2.34. The van der Waals surface area contributed by atoms with Gasteiger partial charge in [-0.2, -0.15) is 0 Å². The zero-order valence-corrected chi connectivity index (χ0v) is 15.9. The topological polar surface area (TPSA) is 81.4 Å². The van der Waals surface area contributed by atoms with Gasteiger partial charge in [0, 0.05) is 4.88 Å². The van der Waals surface area contributed by atoms with E-state index in [9.17, 15) is 9.59 Å². The summed E-state index contributed by atoms with van der Waals surface area (Å²) in [4.78, 5) is 25.9. The molecule has 0 saturated heterocycles. The number of anilines is 1. The van der Waals surface area contributed by atoms with Crippen molar-refractivity contribution in [2.24, 2.45) is 11.7 Å². The van der Waals surface area contributed by atoms with Crippen LogP contribution in [0.15, 0.2) is 30.3 Å².